The van der Waals surface area contributed by atoms with E-state index in [2.05, 4.69) is 10.6 Å². The van der Waals surface area contributed by atoms with Gasteiger partial charge in [-0.1, -0.05) is 17.7 Å². The molecule has 0 saturated heterocycles. The number of halogens is 1. The Hall–Kier alpha value is -2.28. The SMILES string of the molecule is Cc1ccc(Cl)c(OCC(=O)O[C@@H](C)C(=O)NC(=O)NC(C)C)c1. The zero-order valence-electron chi connectivity index (χ0n) is 14.0. The van der Waals surface area contributed by atoms with E-state index in [4.69, 9.17) is 21.1 Å². The lowest BCUT2D eigenvalue weighted by Crippen LogP contribution is -2.46. The molecule has 1 aromatic rings. The van der Waals surface area contributed by atoms with Crippen LogP contribution < -0.4 is 15.4 Å². The number of nitrogens with one attached hydrogen (secondary N) is 2. The van der Waals surface area contributed by atoms with Crippen LogP contribution in [0, 0.1) is 6.92 Å². The van der Waals surface area contributed by atoms with Crippen LogP contribution in [0.1, 0.15) is 26.3 Å². The van der Waals surface area contributed by atoms with Crippen LogP contribution in [0.25, 0.3) is 0 Å². The number of hydrogen-bond donors (Lipinski definition) is 2. The van der Waals surface area contributed by atoms with Gasteiger partial charge in [0.25, 0.3) is 5.91 Å². The third-order valence-corrected chi connectivity index (χ3v) is 3.08. The molecule has 1 aromatic carbocycles. The number of benzene rings is 1. The third kappa shape index (κ3) is 6.87. The molecule has 3 amide bonds. The first-order chi connectivity index (χ1) is 11.2. The van der Waals surface area contributed by atoms with Gasteiger partial charge in [0.1, 0.15) is 5.75 Å². The van der Waals surface area contributed by atoms with Crippen LogP contribution in [-0.2, 0) is 14.3 Å². The molecule has 0 unspecified atom stereocenters. The summed E-state index contributed by atoms with van der Waals surface area (Å²) >= 11 is 5.95. The van der Waals surface area contributed by atoms with Crippen molar-refractivity contribution in [1.29, 1.82) is 0 Å². The number of ether oxygens (including phenoxy) is 2. The fourth-order valence-electron chi connectivity index (χ4n) is 1.65. The molecule has 1 atom stereocenters. The molecule has 0 aliphatic carbocycles. The fraction of sp³-hybridized carbons (Fsp3) is 0.438. The van der Waals surface area contributed by atoms with Gasteiger partial charge in [-0.2, -0.15) is 0 Å². The summed E-state index contributed by atoms with van der Waals surface area (Å²) in [6.07, 6.45) is -1.13. The van der Waals surface area contributed by atoms with Crippen LogP contribution in [-0.4, -0.2) is 36.7 Å². The van der Waals surface area contributed by atoms with Crippen molar-refractivity contribution < 1.29 is 23.9 Å². The number of carbonyl (C=O) groups excluding carboxylic acids is 3. The summed E-state index contributed by atoms with van der Waals surface area (Å²) < 4.78 is 10.2. The first kappa shape index (κ1) is 19.8. The Morgan fingerprint density at radius 3 is 2.50 bits per heavy atom. The molecule has 0 spiro atoms. The Bertz CT molecular complexity index is 618. The van der Waals surface area contributed by atoms with Crippen LogP contribution >= 0.6 is 11.6 Å². The lowest BCUT2D eigenvalue weighted by molar-refractivity contribution is -0.156. The number of carbonyl (C=O) groups is 3. The topological polar surface area (TPSA) is 93.7 Å². The highest BCUT2D eigenvalue weighted by atomic mass is 35.5. The molecule has 0 saturated carbocycles. The van der Waals surface area contributed by atoms with E-state index in [9.17, 15) is 14.4 Å². The predicted molar refractivity (Wildman–Crippen MR) is 89.0 cm³/mol. The van der Waals surface area contributed by atoms with E-state index in [0.29, 0.717) is 10.8 Å². The van der Waals surface area contributed by atoms with Crippen molar-refractivity contribution in [2.24, 2.45) is 0 Å². The summed E-state index contributed by atoms with van der Waals surface area (Å²) in [5.41, 5.74) is 0.923. The lowest BCUT2D eigenvalue weighted by atomic mass is 10.2. The van der Waals surface area contributed by atoms with Crippen molar-refractivity contribution in [2.75, 3.05) is 6.61 Å². The maximum Gasteiger partial charge on any atom is 0.344 e. The van der Waals surface area contributed by atoms with Crippen LogP contribution in [0.2, 0.25) is 5.02 Å². The first-order valence-electron chi connectivity index (χ1n) is 7.38. The smallest absolute Gasteiger partial charge is 0.344 e. The van der Waals surface area contributed by atoms with Gasteiger partial charge < -0.3 is 14.8 Å². The normalized spacial score (nSPS) is 11.6. The van der Waals surface area contributed by atoms with Gasteiger partial charge >= 0.3 is 12.0 Å². The average Bonchev–Trinajstić information content (AvgIpc) is 2.47. The maximum atomic E-state index is 11.7. The second-order valence-electron chi connectivity index (χ2n) is 5.47. The van der Waals surface area contributed by atoms with Crippen LogP contribution in [0.5, 0.6) is 5.75 Å². The second-order valence-corrected chi connectivity index (χ2v) is 5.88. The summed E-state index contributed by atoms with van der Waals surface area (Å²) in [4.78, 5) is 34.9. The molecule has 132 valence electrons. The van der Waals surface area contributed by atoms with Gasteiger partial charge in [0.15, 0.2) is 12.7 Å². The van der Waals surface area contributed by atoms with Crippen molar-refractivity contribution >= 4 is 29.5 Å². The number of aryl methyl sites for hydroxylation is 1. The molecule has 0 bridgehead atoms. The third-order valence-electron chi connectivity index (χ3n) is 2.77. The number of esters is 1. The molecule has 0 aliphatic rings. The Morgan fingerprint density at radius 2 is 1.88 bits per heavy atom. The molecule has 0 fully saturated rings. The highest BCUT2D eigenvalue weighted by molar-refractivity contribution is 6.32. The molecule has 2 N–H and O–H groups in total. The van der Waals surface area contributed by atoms with Gasteiger partial charge in [-0.3, -0.25) is 10.1 Å². The van der Waals surface area contributed by atoms with E-state index in [1.165, 1.54) is 6.92 Å². The first-order valence-corrected chi connectivity index (χ1v) is 7.76. The van der Waals surface area contributed by atoms with E-state index >= 15 is 0 Å². The summed E-state index contributed by atoms with van der Waals surface area (Å²) in [5, 5.41) is 4.93. The number of urea groups is 1. The van der Waals surface area contributed by atoms with Crippen molar-refractivity contribution in [2.45, 2.75) is 39.8 Å². The lowest BCUT2D eigenvalue weighted by Gasteiger charge is -2.15. The Labute approximate surface area is 145 Å². The van der Waals surface area contributed by atoms with Gasteiger partial charge in [-0.25, -0.2) is 9.59 Å². The number of rotatable bonds is 6. The summed E-state index contributed by atoms with van der Waals surface area (Å²) in [7, 11) is 0. The molecular formula is C16H21ClN2O5. The van der Waals surface area contributed by atoms with Crippen molar-refractivity contribution in [3.05, 3.63) is 28.8 Å². The molecule has 0 heterocycles. The van der Waals surface area contributed by atoms with Crippen LogP contribution in [0.4, 0.5) is 4.79 Å². The molecule has 0 aliphatic heterocycles. The maximum absolute atomic E-state index is 11.7. The highest BCUT2D eigenvalue weighted by Gasteiger charge is 2.20. The highest BCUT2D eigenvalue weighted by Crippen LogP contribution is 2.25. The van der Waals surface area contributed by atoms with E-state index in [1.807, 2.05) is 13.0 Å². The minimum Gasteiger partial charge on any atom is -0.480 e. The largest absolute Gasteiger partial charge is 0.480 e. The van der Waals surface area contributed by atoms with E-state index in [-0.39, 0.29) is 6.04 Å². The summed E-state index contributed by atoms with van der Waals surface area (Å²) in [5.74, 6) is -1.13. The Kier molecular flexibility index (Phi) is 7.51. The molecule has 8 heteroatoms. The summed E-state index contributed by atoms with van der Waals surface area (Å²) in [6.45, 7) is 6.31. The van der Waals surface area contributed by atoms with Gasteiger partial charge in [0, 0.05) is 6.04 Å². The number of hydrogen-bond acceptors (Lipinski definition) is 5. The van der Waals surface area contributed by atoms with Crippen molar-refractivity contribution in [3.8, 4) is 5.75 Å². The van der Waals surface area contributed by atoms with E-state index in [0.717, 1.165) is 5.56 Å². The molecule has 24 heavy (non-hydrogen) atoms. The van der Waals surface area contributed by atoms with Gasteiger partial charge in [0.2, 0.25) is 0 Å². The summed E-state index contributed by atoms with van der Waals surface area (Å²) in [6, 6.07) is 4.37. The second kappa shape index (κ2) is 9.12. The molecular weight excluding hydrogens is 336 g/mol. The standard InChI is InChI=1S/C16H21ClN2O5/c1-9(2)18-16(22)19-15(21)11(4)24-14(20)8-23-13-7-10(3)5-6-12(13)17/h5-7,9,11H,8H2,1-4H3,(H2,18,19,21,22)/t11-/m0/s1. The minimum atomic E-state index is -1.13. The molecule has 0 aromatic heterocycles. The zero-order valence-corrected chi connectivity index (χ0v) is 14.8. The number of imide groups is 1. The van der Waals surface area contributed by atoms with E-state index < -0.39 is 30.6 Å². The zero-order chi connectivity index (χ0) is 18.3. The Balaban J connectivity index is 2.45. The molecule has 7 nitrogen and oxygen atoms in total. The van der Waals surface area contributed by atoms with Crippen LogP contribution in [0.3, 0.4) is 0 Å². The Morgan fingerprint density at radius 1 is 1.21 bits per heavy atom. The fourth-order valence-corrected chi connectivity index (χ4v) is 1.83. The van der Waals surface area contributed by atoms with Crippen molar-refractivity contribution in [1.82, 2.24) is 10.6 Å². The van der Waals surface area contributed by atoms with Gasteiger partial charge in [-0.05, 0) is 45.4 Å². The van der Waals surface area contributed by atoms with Gasteiger partial charge in [-0.15, -0.1) is 0 Å². The van der Waals surface area contributed by atoms with E-state index in [1.54, 1.807) is 26.0 Å². The predicted octanol–water partition coefficient (Wildman–Crippen LogP) is 2.19. The molecule has 1 rings (SSSR count). The monoisotopic (exact) mass is 356 g/mol. The molecule has 0 radical (unpaired) electrons. The quantitative estimate of drug-likeness (QED) is 0.762. The van der Waals surface area contributed by atoms with Gasteiger partial charge in [0.05, 0.1) is 5.02 Å². The van der Waals surface area contributed by atoms with Crippen LogP contribution in [0.15, 0.2) is 18.2 Å². The average molecular weight is 357 g/mol. The number of amides is 3. The minimum absolute atomic E-state index is 0.122. The van der Waals surface area contributed by atoms with Crippen molar-refractivity contribution in [3.63, 3.8) is 0 Å².